The molecule has 0 N–H and O–H groups in total. The number of ether oxygens (including phenoxy) is 2. The molecule has 1 amide bonds. The number of alkyl halides is 3. The van der Waals surface area contributed by atoms with Crippen LogP contribution in [0.4, 0.5) is 16.2 Å². The van der Waals surface area contributed by atoms with E-state index < -0.39 is 26.9 Å². The van der Waals surface area contributed by atoms with E-state index in [4.69, 9.17) is 49.3 Å². The monoisotopic (exact) mass is 576 g/mol. The molecule has 3 aromatic carbocycles. The molecule has 2 atom stereocenters. The second-order valence-electron chi connectivity index (χ2n) is 8.26. The predicted octanol–water partition coefficient (Wildman–Crippen LogP) is 6.74. The number of carbonyl (C=O) groups excluding carboxylic acids is 1. The number of benzene rings is 3. The Morgan fingerprint density at radius 2 is 1.54 bits per heavy atom. The fourth-order valence-corrected chi connectivity index (χ4v) is 7.28. The summed E-state index contributed by atoms with van der Waals surface area (Å²) in [5, 5.41) is 0.548. The summed E-state index contributed by atoms with van der Waals surface area (Å²) in [4.78, 5) is 20.2. The third-order valence-electron chi connectivity index (χ3n) is 5.89. The van der Waals surface area contributed by atoms with Crippen LogP contribution in [0.5, 0.6) is 5.75 Å². The molecule has 11 heteroatoms. The molecular weight excluding hydrogens is 555 g/mol. The largest absolute Gasteiger partial charge is 0.497 e. The summed E-state index contributed by atoms with van der Waals surface area (Å²) in [7, 11) is 1.77. The summed E-state index contributed by atoms with van der Waals surface area (Å²) in [6.07, 6.45) is -1.68. The fraction of sp³-hybridized carbons (Fsp3) is 0.192. The standard InChI is InChI=1S/C26H23Cl3N4O3S/c1-17-9-11-20(12-10-17)32-22(18-7-5-4-6-8-18)30-24-31(19-13-15-21(35-2)16-14-19)23(26(27,28)29)33(37(24)32)25(34)36-3/h4-16,23H,1-3H3. The second kappa shape index (κ2) is 10.1. The van der Waals surface area contributed by atoms with E-state index in [2.05, 4.69) is 0 Å². The first-order valence-corrected chi connectivity index (χ1v) is 13.5. The third-order valence-corrected chi connectivity index (χ3v) is 8.54. The van der Waals surface area contributed by atoms with E-state index in [1.807, 2.05) is 78.0 Å². The number of anilines is 2. The van der Waals surface area contributed by atoms with Gasteiger partial charge >= 0.3 is 6.09 Å². The predicted molar refractivity (Wildman–Crippen MR) is 153 cm³/mol. The molecule has 0 fully saturated rings. The average Bonchev–Trinajstić information content (AvgIpc) is 3.44. The van der Waals surface area contributed by atoms with E-state index >= 15 is 0 Å². The van der Waals surface area contributed by atoms with Crippen molar-refractivity contribution >= 4 is 74.1 Å². The minimum atomic E-state index is -1.90. The van der Waals surface area contributed by atoms with Gasteiger partial charge in [-0.3, -0.25) is 9.21 Å². The fourth-order valence-electron chi connectivity index (χ4n) is 4.17. The van der Waals surface area contributed by atoms with Gasteiger partial charge in [0.2, 0.25) is 8.90 Å². The lowest BCUT2D eigenvalue weighted by Gasteiger charge is -2.38. The maximum Gasteiger partial charge on any atom is 0.422 e. The van der Waals surface area contributed by atoms with Gasteiger partial charge in [0, 0.05) is 11.3 Å². The van der Waals surface area contributed by atoms with Gasteiger partial charge in [-0.2, -0.15) is 0 Å². The highest BCUT2D eigenvalue weighted by Gasteiger charge is 2.56. The molecule has 5 rings (SSSR count). The number of aryl methyl sites for hydroxylation is 1. The molecule has 0 saturated heterocycles. The van der Waals surface area contributed by atoms with Crippen LogP contribution < -0.4 is 13.9 Å². The van der Waals surface area contributed by atoms with Gasteiger partial charge in [0.15, 0.2) is 12.0 Å². The number of amidine groups is 1. The van der Waals surface area contributed by atoms with Crippen molar-refractivity contribution in [2.45, 2.75) is 16.9 Å². The van der Waals surface area contributed by atoms with Crippen LogP contribution in [0.2, 0.25) is 0 Å². The number of carbonyl (C=O) groups is 1. The Morgan fingerprint density at radius 3 is 2.11 bits per heavy atom. The van der Waals surface area contributed by atoms with Crippen molar-refractivity contribution in [3.05, 3.63) is 90.0 Å². The highest BCUT2D eigenvalue weighted by molar-refractivity contribution is 8.17. The van der Waals surface area contributed by atoms with Gasteiger partial charge in [0.05, 0.1) is 30.8 Å². The minimum Gasteiger partial charge on any atom is -0.497 e. The quantitative estimate of drug-likeness (QED) is 0.254. The molecule has 0 saturated carbocycles. The Balaban J connectivity index is 1.77. The first-order valence-electron chi connectivity index (χ1n) is 11.2. The van der Waals surface area contributed by atoms with Gasteiger partial charge < -0.3 is 9.47 Å². The van der Waals surface area contributed by atoms with Crippen molar-refractivity contribution < 1.29 is 14.3 Å². The molecule has 2 unspecified atom stereocenters. The van der Waals surface area contributed by atoms with E-state index in [9.17, 15) is 4.79 Å². The van der Waals surface area contributed by atoms with Crippen molar-refractivity contribution in [3.63, 3.8) is 0 Å². The zero-order valence-electron chi connectivity index (χ0n) is 20.1. The number of halogens is 3. The molecule has 0 bridgehead atoms. The molecule has 0 aliphatic carbocycles. The van der Waals surface area contributed by atoms with Crippen molar-refractivity contribution in [1.29, 1.82) is 0 Å². The Bertz CT molecular complexity index is 1380. The van der Waals surface area contributed by atoms with Crippen LogP contribution in [-0.2, 0) is 4.74 Å². The molecule has 3 aromatic rings. The number of rotatable bonds is 4. The normalized spacial score (nSPS) is 19.1. The van der Waals surface area contributed by atoms with Crippen molar-refractivity contribution in [2.24, 2.45) is 4.99 Å². The van der Waals surface area contributed by atoms with E-state index in [0.29, 0.717) is 22.4 Å². The maximum atomic E-state index is 13.4. The highest BCUT2D eigenvalue weighted by atomic mass is 35.6. The number of hydrogen-bond acceptors (Lipinski definition) is 6. The lowest BCUT2D eigenvalue weighted by atomic mass is 10.2. The number of nitrogens with zero attached hydrogens (tertiary/aromatic N) is 4. The van der Waals surface area contributed by atoms with Gasteiger partial charge in [-0.15, -0.1) is 0 Å². The summed E-state index contributed by atoms with van der Waals surface area (Å²) in [5.41, 5.74) is 3.49. The topological polar surface area (TPSA) is 57.6 Å². The summed E-state index contributed by atoms with van der Waals surface area (Å²) >= 11 is 19.7. The van der Waals surface area contributed by atoms with E-state index in [1.165, 1.54) is 11.4 Å². The van der Waals surface area contributed by atoms with Crippen LogP contribution in [-0.4, -0.2) is 45.5 Å². The molecule has 0 radical (unpaired) electrons. The maximum absolute atomic E-state index is 13.4. The lowest BCUT2D eigenvalue weighted by molar-refractivity contribution is 0.144. The molecule has 2 aliphatic heterocycles. The molecular formula is C26H23Cl3N4O3S. The highest BCUT2D eigenvalue weighted by Crippen LogP contribution is 2.52. The molecule has 37 heavy (non-hydrogen) atoms. The Hall–Kier alpha value is -2.91. The molecule has 2 aliphatic rings. The van der Waals surface area contributed by atoms with Crippen LogP contribution in [0.25, 0.3) is 0 Å². The molecule has 0 spiro atoms. The van der Waals surface area contributed by atoms with E-state index in [0.717, 1.165) is 16.8 Å². The molecule has 192 valence electrons. The third kappa shape index (κ3) is 4.63. The lowest BCUT2D eigenvalue weighted by Crippen LogP contribution is -2.53. The zero-order chi connectivity index (χ0) is 26.3. The van der Waals surface area contributed by atoms with E-state index in [-0.39, 0.29) is 0 Å². The summed E-state index contributed by atoms with van der Waals surface area (Å²) in [6.45, 7) is 2.01. The Kier molecular flexibility index (Phi) is 7.02. The minimum absolute atomic E-state index is 0.548. The average molecular weight is 578 g/mol. The summed E-state index contributed by atoms with van der Waals surface area (Å²) in [6, 6.07) is 25.0. The van der Waals surface area contributed by atoms with Gasteiger partial charge in [-0.05, 0) is 43.3 Å². The Labute approximate surface area is 232 Å². The van der Waals surface area contributed by atoms with Crippen LogP contribution in [0.15, 0.2) is 83.9 Å². The number of aliphatic imine (C=N–C) groups is 1. The van der Waals surface area contributed by atoms with Gasteiger partial charge in [0.1, 0.15) is 5.75 Å². The first kappa shape index (κ1) is 25.7. The van der Waals surface area contributed by atoms with Crippen LogP contribution in [0.1, 0.15) is 11.1 Å². The molecule has 0 aromatic heterocycles. The molecule has 2 heterocycles. The van der Waals surface area contributed by atoms with Gasteiger partial charge in [-0.1, -0.05) is 82.8 Å². The SMILES string of the molecule is COC(=O)N1C(C(Cl)(Cl)Cl)N(c2ccc(OC)cc2)C2=S1N(c1ccc(C)cc1)C(c1ccccc1)=N2. The van der Waals surface area contributed by atoms with Crippen LogP contribution in [0.3, 0.4) is 0 Å². The van der Waals surface area contributed by atoms with Gasteiger partial charge in [-0.25, -0.2) is 14.1 Å². The number of hydrogen-bond donors (Lipinski definition) is 0. The van der Waals surface area contributed by atoms with Crippen molar-refractivity contribution in [2.75, 3.05) is 23.4 Å². The van der Waals surface area contributed by atoms with Crippen molar-refractivity contribution in [3.8, 4) is 5.75 Å². The second-order valence-corrected chi connectivity index (χ2v) is 12.3. The number of methoxy groups -OCH3 is 2. The van der Waals surface area contributed by atoms with Crippen molar-refractivity contribution in [1.82, 2.24) is 4.31 Å². The van der Waals surface area contributed by atoms with Crippen LogP contribution in [0, 0.1) is 6.92 Å². The Morgan fingerprint density at radius 1 is 0.919 bits per heavy atom. The van der Waals surface area contributed by atoms with Crippen LogP contribution >= 0.6 is 45.7 Å². The summed E-state index contributed by atoms with van der Waals surface area (Å²) in [5.74, 6) is 1.33. The zero-order valence-corrected chi connectivity index (χ0v) is 23.2. The van der Waals surface area contributed by atoms with Gasteiger partial charge in [0.25, 0.3) is 0 Å². The smallest absolute Gasteiger partial charge is 0.422 e. The first-order chi connectivity index (χ1) is 17.7. The molecule has 7 nitrogen and oxygen atoms in total. The van der Waals surface area contributed by atoms with E-state index in [1.54, 1.807) is 24.1 Å². The number of amides is 1. The summed E-state index contributed by atoms with van der Waals surface area (Å²) < 4.78 is 12.1.